The van der Waals surface area contributed by atoms with Crippen molar-refractivity contribution < 1.29 is 4.79 Å². The van der Waals surface area contributed by atoms with Gasteiger partial charge in [0.15, 0.2) is 0 Å². The fraction of sp³-hybridized carbons (Fsp3) is 0.357. The number of anilines is 1. The van der Waals surface area contributed by atoms with Gasteiger partial charge in [0.25, 0.3) is 5.91 Å². The molecule has 0 bridgehead atoms. The van der Waals surface area contributed by atoms with E-state index in [9.17, 15) is 9.59 Å². The Kier molecular flexibility index (Phi) is 3.83. The van der Waals surface area contributed by atoms with Gasteiger partial charge >= 0.3 is 0 Å². The molecule has 0 radical (unpaired) electrons. The maximum Gasteiger partial charge on any atom is 0.272 e. The number of hydrogen-bond donors (Lipinski definition) is 3. The second kappa shape index (κ2) is 5.92. The molecule has 0 aliphatic carbocycles. The molecule has 0 aromatic carbocycles. The lowest BCUT2D eigenvalue weighted by Crippen LogP contribution is -2.29. The Morgan fingerprint density at radius 1 is 1.33 bits per heavy atom. The standard InChI is InChI=1S/C14H17N5O2/c20-13-3-1-2-12(18-13)14(21)17-10-8-16-19(9-10)11-4-6-15-7-5-11/h1-3,8-9,11,15H,4-7H2,(H,17,21)(H,18,20). The molecule has 0 unspecified atom stereocenters. The van der Waals surface area contributed by atoms with E-state index >= 15 is 0 Å². The van der Waals surface area contributed by atoms with E-state index < -0.39 is 0 Å². The van der Waals surface area contributed by atoms with Gasteiger partial charge < -0.3 is 15.6 Å². The molecule has 2 aromatic rings. The maximum absolute atomic E-state index is 12.0. The Bertz CT molecular complexity index is 684. The number of rotatable bonds is 3. The van der Waals surface area contributed by atoms with E-state index in [1.807, 2.05) is 10.9 Å². The minimum absolute atomic E-state index is 0.233. The van der Waals surface area contributed by atoms with Crippen molar-refractivity contribution in [3.63, 3.8) is 0 Å². The summed E-state index contributed by atoms with van der Waals surface area (Å²) in [7, 11) is 0. The molecule has 7 heteroatoms. The van der Waals surface area contributed by atoms with E-state index in [-0.39, 0.29) is 17.2 Å². The monoisotopic (exact) mass is 287 g/mol. The Morgan fingerprint density at radius 3 is 2.90 bits per heavy atom. The normalized spacial score (nSPS) is 15.8. The number of piperidine rings is 1. The number of pyridine rings is 1. The van der Waals surface area contributed by atoms with Gasteiger partial charge in [-0.15, -0.1) is 0 Å². The molecule has 1 aliphatic rings. The van der Waals surface area contributed by atoms with Gasteiger partial charge in [-0.1, -0.05) is 6.07 Å². The highest BCUT2D eigenvalue weighted by Crippen LogP contribution is 2.19. The fourth-order valence-corrected chi connectivity index (χ4v) is 2.45. The zero-order valence-corrected chi connectivity index (χ0v) is 11.5. The molecule has 0 saturated carbocycles. The number of hydrogen-bond acceptors (Lipinski definition) is 4. The summed E-state index contributed by atoms with van der Waals surface area (Å²) < 4.78 is 1.89. The van der Waals surface area contributed by atoms with E-state index in [1.54, 1.807) is 18.3 Å². The second-order valence-corrected chi connectivity index (χ2v) is 5.07. The summed E-state index contributed by atoms with van der Waals surface area (Å²) in [5.41, 5.74) is 0.563. The van der Waals surface area contributed by atoms with Crippen LogP contribution in [0.25, 0.3) is 0 Å². The molecule has 3 rings (SSSR count). The Balaban J connectivity index is 1.69. The number of carbonyl (C=O) groups excluding carboxylic acids is 1. The van der Waals surface area contributed by atoms with Crippen LogP contribution in [0.2, 0.25) is 0 Å². The van der Waals surface area contributed by atoms with E-state index in [1.165, 1.54) is 6.07 Å². The van der Waals surface area contributed by atoms with Crippen molar-refractivity contribution in [2.75, 3.05) is 18.4 Å². The second-order valence-electron chi connectivity index (χ2n) is 5.07. The lowest BCUT2D eigenvalue weighted by molar-refractivity contribution is 0.102. The van der Waals surface area contributed by atoms with Crippen LogP contribution in [-0.2, 0) is 0 Å². The molecule has 21 heavy (non-hydrogen) atoms. The molecule has 0 spiro atoms. The SMILES string of the molecule is O=C(Nc1cnn(C2CCNCC2)c1)c1cccc(=O)[nH]1. The Morgan fingerprint density at radius 2 is 2.14 bits per heavy atom. The minimum atomic E-state index is -0.349. The number of nitrogens with one attached hydrogen (secondary N) is 3. The van der Waals surface area contributed by atoms with E-state index in [4.69, 9.17) is 0 Å². The molecule has 7 nitrogen and oxygen atoms in total. The van der Waals surface area contributed by atoms with Crippen molar-refractivity contribution in [3.8, 4) is 0 Å². The number of nitrogens with zero attached hydrogens (tertiary/aromatic N) is 2. The number of amides is 1. The van der Waals surface area contributed by atoms with Crippen molar-refractivity contribution in [1.82, 2.24) is 20.1 Å². The van der Waals surface area contributed by atoms with Crippen LogP contribution in [0.5, 0.6) is 0 Å². The lowest BCUT2D eigenvalue weighted by atomic mass is 10.1. The van der Waals surface area contributed by atoms with E-state index in [2.05, 4.69) is 20.7 Å². The lowest BCUT2D eigenvalue weighted by Gasteiger charge is -2.22. The Hall–Kier alpha value is -2.41. The van der Waals surface area contributed by atoms with Crippen molar-refractivity contribution >= 4 is 11.6 Å². The minimum Gasteiger partial charge on any atom is -0.318 e. The van der Waals surface area contributed by atoms with Crippen molar-refractivity contribution in [3.05, 3.63) is 46.6 Å². The average Bonchev–Trinajstić information content (AvgIpc) is 2.97. The molecule has 1 amide bonds. The van der Waals surface area contributed by atoms with Gasteiger partial charge in [-0.25, -0.2) is 0 Å². The third-order valence-electron chi connectivity index (χ3n) is 3.56. The summed E-state index contributed by atoms with van der Waals surface area (Å²) in [6.45, 7) is 1.97. The fourth-order valence-electron chi connectivity index (χ4n) is 2.45. The number of H-pyrrole nitrogens is 1. The van der Waals surface area contributed by atoms with E-state index in [0.29, 0.717) is 11.7 Å². The molecule has 1 saturated heterocycles. The predicted molar refractivity (Wildman–Crippen MR) is 78.4 cm³/mol. The number of carbonyl (C=O) groups is 1. The zero-order valence-electron chi connectivity index (χ0n) is 11.5. The highest BCUT2D eigenvalue weighted by Gasteiger charge is 2.16. The molecule has 1 aliphatic heterocycles. The smallest absolute Gasteiger partial charge is 0.272 e. The molecule has 0 atom stereocenters. The van der Waals surface area contributed by atoms with Gasteiger partial charge in [0.2, 0.25) is 5.56 Å². The summed E-state index contributed by atoms with van der Waals surface area (Å²) in [6.07, 6.45) is 5.51. The number of aromatic nitrogens is 3. The van der Waals surface area contributed by atoms with Gasteiger partial charge in [-0.3, -0.25) is 14.3 Å². The predicted octanol–water partition coefficient (Wildman–Crippen LogP) is 0.748. The average molecular weight is 287 g/mol. The molecule has 3 heterocycles. The zero-order chi connectivity index (χ0) is 14.7. The van der Waals surface area contributed by atoms with Crippen molar-refractivity contribution in [2.45, 2.75) is 18.9 Å². The summed E-state index contributed by atoms with van der Waals surface area (Å²) in [5.74, 6) is -0.349. The molecular formula is C14H17N5O2. The first kappa shape index (κ1) is 13.6. The maximum atomic E-state index is 12.0. The topological polar surface area (TPSA) is 91.8 Å². The van der Waals surface area contributed by atoms with Crippen LogP contribution in [0.15, 0.2) is 35.4 Å². The largest absolute Gasteiger partial charge is 0.318 e. The van der Waals surface area contributed by atoms with E-state index in [0.717, 1.165) is 25.9 Å². The van der Waals surface area contributed by atoms with Gasteiger partial charge in [0.05, 0.1) is 17.9 Å². The first-order valence-corrected chi connectivity index (χ1v) is 6.98. The first-order chi connectivity index (χ1) is 10.2. The quantitative estimate of drug-likeness (QED) is 0.776. The highest BCUT2D eigenvalue weighted by atomic mass is 16.2. The molecule has 110 valence electrons. The number of aromatic amines is 1. The molecule has 3 N–H and O–H groups in total. The third kappa shape index (κ3) is 3.19. The van der Waals surface area contributed by atoms with Crippen LogP contribution in [0.1, 0.15) is 29.4 Å². The van der Waals surface area contributed by atoms with Crippen LogP contribution in [0, 0.1) is 0 Å². The van der Waals surface area contributed by atoms with Gasteiger partial charge in [0.1, 0.15) is 5.69 Å². The van der Waals surface area contributed by atoms with Crippen LogP contribution >= 0.6 is 0 Å². The van der Waals surface area contributed by atoms with Crippen LogP contribution in [0.3, 0.4) is 0 Å². The van der Waals surface area contributed by atoms with Gasteiger partial charge in [0, 0.05) is 12.3 Å². The summed E-state index contributed by atoms with van der Waals surface area (Å²) in [4.78, 5) is 25.7. The third-order valence-corrected chi connectivity index (χ3v) is 3.56. The molecule has 2 aromatic heterocycles. The van der Waals surface area contributed by atoms with Gasteiger partial charge in [-0.05, 0) is 32.0 Å². The van der Waals surface area contributed by atoms with Crippen molar-refractivity contribution in [2.24, 2.45) is 0 Å². The summed E-state index contributed by atoms with van der Waals surface area (Å²) >= 11 is 0. The highest BCUT2D eigenvalue weighted by molar-refractivity contribution is 6.02. The van der Waals surface area contributed by atoms with Crippen LogP contribution < -0.4 is 16.2 Å². The van der Waals surface area contributed by atoms with Gasteiger partial charge in [-0.2, -0.15) is 5.10 Å². The summed E-state index contributed by atoms with van der Waals surface area (Å²) in [6, 6.07) is 4.85. The Labute approximate surface area is 121 Å². The molecule has 1 fully saturated rings. The summed E-state index contributed by atoms with van der Waals surface area (Å²) in [5, 5.41) is 10.3. The first-order valence-electron chi connectivity index (χ1n) is 6.98. The van der Waals surface area contributed by atoms with Crippen LogP contribution in [-0.4, -0.2) is 33.8 Å². The van der Waals surface area contributed by atoms with Crippen LogP contribution in [0.4, 0.5) is 5.69 Å². The van der Waals surface area contributed by atoms with Crippen molar-refractivity contribution in [1.29, 1.82) is 0 Å². The molecular weight excluding hydrogens is 270 g/mol.